The maximum atomic E-state index is 2.53. The molecule has 0 bridgehead atoms. The van der Waals surface area contributed by atoms with Crippen molar-refractivity contribution >= 4 is 10.8 Å². The summed E-state index contributed by atoms with van der Waals surface area (Å²) in [5.74, 6) is 0.777. The maximum Gasteiger partial charge on any atom is 0.221 e. The Hall–Kier alpha value is -2.41. The van der Waals surface area contributed by atoms with Gasteiger partial charge >= 0.3 is 0 Å². The van der Waals surface area contributed by atoms with Gasteiger partial charge in [0.25, 0.3) is 0 Å². The summed E-state index contributed by atoms with van der Waals surface area (Å²) in [7, 11) is 0. The largest absolute Gasteiger partial charge is 0.221 e. The molecule has 32 heavy (non-hydrogen) atoms. The highest BCUT2D eigenvalue weighted by atomic mass is 15.1. The van der Waals surface area contributed by atoms with Gasteiger partial charge in [-0.05, 0) is 71.4 Å². The van der Waals surface area contributed by atoms with Crippen molar-refractivity contribution in [3.05, 3.63) is 77.5 Å². The lowest BCUT2D eigenvalue weighted by Gasteiger charge is -2.49. The Morgan fingerprint density at radius 1 is 0.938 bits per heavy atom. The van der Waals surface area contributed by atoms with E-state index in [1.807, 2.05) is 0 Å². The second-order valence-corrected chi connectivity index (χ2v) is 11.9. The molecule has 166 valence electrons. The van der Waals surface area contributed by atoms with Crippen LogP contribution in [0.2, 0.25) is 0 Å². The summed E-state index contributed by atoms with van der Waals surface area (Å²) in [6.07, 6.45) is 10.9. The van der Waals surface area contributed by atoms with Crippen molar-refractivity contribution in [2.24, 2.45) is 5.92 Å². The second-order valence-electron chi connectivity index (χ2n) is 11.9. The zero-order chi connectivity index (χ0) is 22.9. The molecule has 2 atom stereocenters. The fraction of sp³-hybridized carbons (Fsp3) is 0.452. The lowest BCUT2D eigenvalue weighted by atomic mass is 9.56. The third-order valence-electron chi connectivity index (χ3n) is 8.26. The number of aromatic nitrogens is 1. The molecule has 0 N–H and O–H groups in total. The van der Waals surface area contributed by atoms with Crippen LogP contribution in [0.5, 0.6) is 0 Å². The molecule has 1 heteroatoms. The SMILES string of the molecule is CC(C)CCCc1ccc2c3[n+](ccc2c1)C1(C)C=CC1(C)c1cc(C(C)(C)C)ccc1-3. The van der Waals surface area contributed by atoms with Gasteiger partial charge in [-0.1, -0.05) is 71.4 Å². The molecular formula is C31H38N+. The van der Waals surface area contributed by atoms with Gasteiger partial charge in [0.05, 0.1) is 16.4 Å². The van der Waals surface area contributed by atoms with Crippen molar-refractivity contribution in [3.63, 3.8) is 0 Å². The molecule has 3 aromatic rings. The molecule has 0 saturated carbocycles. The Labute approximate surface area is 194 Å². The molecule has 0 radical (unpaired) electrons. The van der Waals surface area contributed by atoms with Gasteiger partial charge < -0.3 is 0 Å². The zero-order valence-corrected chi connectivity index (χ0v) is 20.9. The van der Waals surface area contributed by atoms with E-state index in [1.54, 1.807) is 0 Å². The Balaban J connectivity index is 1.69. The van der Waals surface area contributed by atoms with Crippen molar-refractivity contribution in [3.8, 4) is 11.3 Å². The minimum absolute atomic E-state index is 0.0196. The van der Waals surface area contributed by atoms with Crippen molar-refractivity contribution in [1.82, 2.24) is 0 Å². The van der Waals surface area contributed by atoms with E-state index >= 15 is 0 Å². The molecule has 1 aliphatic heterocycles. The van der Waals surface area contributed by atoms with Crippen LogP contribution in [0.1, 0.15) is 78.0 Å². The van der Waals surface area contributed by atoms with E-state index in [-0.39, 0.29) is 16.4 Å². The molecule has 1 aromatic heterocycles. The molecular weight excluding hydrogens is 386 g/mol. The number of allylic oxidation sites excluding steroid dienone is 2. The van der Waals surface area contributed by atoms with Gasteiger partial charge in [-0.25, -0.2) is 0 Å². The van der Waals surface area contributed by atoms with Crippen LogP contribution in [0.25, 0.3) is 22.0 Å². The Morgan fingerprint density at radius 3 is 2.38 bits per heavy atom. The van der Waals surface area contributed by atoms with Crippen molar-refractivity contribution in [2.75, 3.05) is 0 Å². The van der Waals surface area contributed by atoms with Crippen LogP contribution >= 0.6 is 0 Å². The molecule has 0 saturated heterocycles. The number of pyridine rings is 1. The third-order valence-corrected chi connectivity index (χ3v) is 8.26. The lowest BCUT2D eigenvalue weighted by molar-refractivity contribution is -0.753. The van der Waals surface area contributed by atoms with Crippen LogP contribution in [-0.2, 0) is 22.8 Å². The number of fused-ring (bicyclic) bond motifs is 8. The van der Waals surface area contributed by atoms with Crippen LogP contribution in [0.3, 0.4) is 0 Å². The fourth-order valence-corrected chi connectivity index (χ4v) is 5.77. The van der Waals surface area contributed by atoms with Crippen LogP contribution in [-0.4, -0.2) is 0 Å². The molecule has 2 aromatic carbocycles. The fourth-order valence-electron chi connectivity index (χ4n) is 5.77. The van der Waals surface area contributed by atoms with Crippen LogP contribution in [0.15, 0.2) is 60.8 Å². The van der Waals surface area contributed by atoms with E-state index in [0.29, 0.717) is 0 Å². The smallest absolute Gasteiger partial charge is 0.188 e. The van der Waals surface area contributed by atoms with Gasteiger partial charge in [-0.2, -0.15) is 4.57 Å². The van der Waals surface area contributed by atoms with Gasteiger partial charge in [0, 0.05) is 13.0 Å². The van der Waals surface area contributed by atoms with Crippen molar-refractivity contribution < 1.29 is 4.57 Å². The molecule has 0 fully saturated rings. The van der Waals surface area contributed by atoms with Gasteiger partial charge in [-0.3, -0.25) is 0 Å². The van der Waals surface area contributed by atoms with Crippen molar-refractivity contribution in [1.29, 1.82) is 0 Å². The summed E-state index contributed by atoms with van der Waals surface area (Å²) in [6.45, 7) is 16.4. The van der Waals surface area contributed by atoms with Gasteiger partial charge in [0.15, 0.2) is 11.7 Å². The van der Waals surface area contributed by atoms with E-state index < -0.39 is 0 Å². The first-order chi connectivity index (χ1) is 15.0. The summed E-state index contributed by atoms with van der Waals surface area (Å²) < 4.78 is 2.53. The number of benzene rings is 2. The summed E-state index contributed by atoms with van der Waals surface area (Å²) >= 11 is 0. The Morgan fingerprint density at radius 2 is 1.72 bits per heavy atom. The number of aryl methyl sites for hydroxylation is 1. The second kappa shape index (κ2) is 7.04. The number of rotatable bonds is 4. The van der Waals surface area contributed by atoms with Crippen LogP contribution in [0.4, 0.5) is 0 Å². The summed E-state index contributed by atoms with van der Waals surface area (Å²) in [5.41, 5.74) is 7.25. The first-order valence-corrected chi connectivity index (χ1v) is 12.4. The van der Waals surface area contributed by atoms with Gasteiger partial charge in [-0.15, -0.1) is 0 Å². The van der Waals surface area contributed by atoms with E-state index in [1.165, 1.54) is 58.0 Å². The highest BCUT2D eigenvalue weighted by Gasteiger charge is 2.61. The van der Waals surface area contributed by atoms with Gasteiger partial charge in [0.1, 0.15) is 0 Å². The molecule has 2 heterocycles. The normalized spacial score (nSPS) is 23.6. The molecule has 1 aliphatic carbocycles. The molecule has 0 amide bonds. The number of nitrogens with zero attached hydrogens (tertiary/aromatic N) is 1. The average molecular weight is 425 g/mol. The first-order valence-electron chi connectivity index (χ1n) is 12.4. The maximum absolute atomic E-state index is 2.53. The molecule has 0 spiro atoms. The molecule has 1 nitrogen and oxygen atoms in total. The van der Waals surface area contributed by atoms with E-state index in [4.69, 9.17) is 0 Å². The minimum atomic E-state index is -0.0318. The Bertz CT molecular complexity index is 1240. The highest BCUT2D eigenvalue weighted by Crippen LogP contribution is 2.54. The van der Waals surface area contributed by atoms with E-state index in [2.05, 4.69) is 114 Å². The Kier molecular flexibility index (Phi) is 4.72. The van der Waals surface area contributed by atoms with Crippen molar-refractivity contribution in [2.45, 2.75) is 84.1 Å². The lowest BCUT2D eigenvalue weighted by Crippen LogP contribution is -2.70. The quantitative estimate of drug-likeness (QED) is 0.299. The standard InChI is InChI=1S/C31H38N/c1-21(2)9-8-10-22-11-13-25-23(19-22)15-18-32-28(25)26-14-12-24(29(3,4)5)20-27(26)30(6)16-17-31(30,32)7/h11-21H,8-10H2,1-7H3/q+1. The highest BCUT2D eigenvalue weighted by molar-refractivity contribution is 5.95. The molecule has 2 aliphatic rings. The zero-order valence-electron chi connectivity index (χ0n) is 20.9. The monoisotopic (exact) mass is 424 g/mol. The summed E-state index contributed by atoms with van der Waals surface area (Å²) in [5, 5.41) is 2.73. The van der Waals surface area contributed by atoms with Crippen LogP contribution < -0.4 is 4.57 Å². The van der Waals surface area contributed by atoms with E-state index in [0.717, 1.165) is 5.92 Å². The summed E-state index contributed by atoms with van der Waals surface area (Å²) in [4.78, 5) is 0. The van der Waals surface area contributed by atoms with Gasteiger partial charge in [0.2, 0.25) is 5.69 Å². The molecule has 2 unspecified atom stereocenters. The summed E-state index contributed by atoms with van der Waals surface area (Å²) in [6, 6.07) is 16.7. The van der Waals surface area contributed by atoms with Crippen LogP contribution in [0, 0.1) is 5.92 Å². The molecule has 5 rings (SSSR count). The third kappa shape index (κ3) is 3.00. The number of hydrogen-bond acceptors (Lipinski definition) is 0. The topological polar surface area (TPSA) is 3.88 Å². The minimum Gasteiger partial charge on any atom is -0.188 e. The van der Waals surface area contributed by atoms with E-state index in [9.17, 15) is 0 Å². The predicted octanol–water partition coefficient (Wildman–Crippen LogP) is 7.63. The predicted molar refractivity (Wildman–Crippen MR) is 136 cm³/mol. The average Bonchev–Trinajstić information content (AvgIpc) is 2.74. The number of hydrogen-bond donors (Lipinski definition) is 0. The first kappa shape index (κ1) is 21.4.